The van der Waals surface area contributed by atoms with Crippen molar-refractivity contribution in [3.05, 3.63) is 35.9 Å². The predicted octanol–water partition coefficient (Wildman–Crippen LogP) is 1.88. The minimum atomic E-state index is 0.146. The fourth-order valence-electron chi connectivity index (χ4n) is 2.91. The van der Waals surface area contributed by atoms with Crippen molar-refractivity contribution in [1.29, 1.82) is 0 Å². The van der Waals surface area contributed by atoms with E-state index >= 15 is 0 Å². The Morgan fingerprint density at radius 3 is 2.71 bits per heavy atom. The molecule has 21 heavy (non-hydrogen) atoms. The maximum Gasteiger partial charge on any atom is 0.237 e. The average molecular weight is 290 g/mol. The molecule has 1 aromatic carbocycles. The Labute approximate surface area is 127 Å². The Kier molecular flexibility index (Phi) is 5.76. The number of carbonyl (C=O) groups excluding carboxylic acids is 1. The van der Waals surface area contributed by atoms with Crippen molar-refractivity contribution in [2.24, 2.45) is 0 Å². The van der Waals surface area contributed by atoms with Crippen molar-refractivity contribution in [1.82, 2.24) is 9.80 Å². The number of benzene rings is 1. The SMILES string of the molecule is CC(C)N(Cc1ccccc1)C(=O)CN1CCCC1CO. The summed E-state index contributed by atoms with van der Waals surface area (Å²) in [7, 11) is 0. The summed E-state index contributed by atoms with van der Waals surface area (Å²) < 4.78 is 0. The van der Waals surface area contributed by atoms with Crippen LogP contribution in [-0.2, 0) is 11.3 Å². The molecule has 0 bridgehead atoms. The second kappa shape index (κ2) is 7.57. The molecule has 1 amide bonds. The third-order valence-corrected chi connectivity index (χ3v) is 4.19. The van der Waals surface area contributed by atoms with Crippen LogP contribution in [0.2, 0.25) is 0 Å². The first-order chi connectivity index (χ1) is 10.1. The van der Waals surface area contributed by atoms with E-state index in [2.05, 4.69) is 17.0 Å². The minimum Gasteiger partial charge on any atom is -0.395 e. The van der Waals surface area contributed by atoms with Crippen LogP contribution >= 0.6 is 0 Å². The lowest BCUT2D eigenvalue weighted by molar-refractivity contribution is -0.135. The van der Waals surface area contributed by atoms with E-state index in [1.165, 1.54) is 0 Å². The van der Waals surface area contributed by atoms with E-state index in [0.717, 1.165) is 24.9 Å². The summed E-state index contributed by atoms with van der Waals surface area (Å²) in [5.41, 5.74) is 1.15. The number of likely N-dealkylation sites (tertiary alicyclic amines) is 1. The van der Waals surface area contributed by atoms with Crippen LogP contribution < -0.4 is 0 Å². The number of carbonyl (C=O) groups is 1. The first kappa shape index (κ1) is 16.0. The molecule has 1 aromatic rings. The van der Waals surface area contributed by atoms with Gasteiger partial charge in [-0.2, -0.15) is 0 Å². The number of aliphatic hydroxyl groups excluding tert-OH is 1. The smallest absolute Gasteiger partial charge is 0.237 e. The van der Waals surface area contributed by atoms with Gasteiger partial charge in [0.1, 0.15) is 0 Å². The first-order valence-electron chi connectivity index (χ1n) is 7.80. The summed E-state index contributed by atoms with van der Waals surface area (Å²) in [6.07, 6.45) is 2.06. The monoisotopic (exact) mass is 290 g/mol. The van der Waals surface area contributed by atoms with Crippen molar-refractivity contribution in [2.45, 2.75) is 45.3 Å². The highest BCUT2D eigenvalue weighted by Gasteiger charge is 2.28. The molecule has 1 saturated heterocycles. The number of amides is 1. The van der Waals surface area contributed by atoms with Crippen molar-refractivity contribution >= 4 is 5.91 Å². The molecule has 1 heterocycles. The molecule has 1 unspecified atom stereocenters. The summed E-state index contributed by atoms with van der Waals surface area (Å²) in [5, 5.41) is 9.37. The molecule has 2 rings (SSSR count). The fraction of sp³-hybridized carbons (Fsp3) is 0.588. The van der Waals surface area contributed by atoms with Crippen LogP contribution in [0.1, 0.15) is 32.3 Å². The van der Waals surface area contributed by atoms with Crippen LogP contribution in [0.4, 0.5) is 0 Å². The maximum atomic E-state index is 12.6. The third kappa shape index (κ3) is 4.29. The number of nitrogens with zero attached hydrogens (tertiary/aromatic N) is 2. The van der Waals surface area contributed by atoms with Gasteiger partial charge in [-0.15, -0.1) is 0 Å². The molecule has 0 aromatic heterocycles. The summed E-state index contributed by atoms with van der Waals surface area (Å²) in [4.78, 5) is 16.6. The molecule has 116 valence electrons. The third-order valence-electron chi connectivity index (χ3n) is 4.19. The highest BCUT2D eigenvalue weighted by Crippen LogP contribution is 2.17. The Balaban J connectivity index is 1.99. The summed E-state index contributed by atoms with van der Waals surface area (Å²) in [6.45, 7) is 6.22. The predicted molar refractivity (Wildman–Crippen MR) is 83.8 cm³/mol. The summed E-state index contributed by atoms with van der Waals surface area (Å²) in [6, 6.07) is 10.4. The van der Waals surface area contributed by atoms with Gasteiger partial charge in [-0.1, -0.05) is 30.3 Å². The molecule has 1 fully saturated rings. The van der Waals surface area contributed by atoms with Gasteiger partial charge in [-0.25, -0.2) is 0 Å². The van der Waals surface area contributed by atoms with Crippen LogP contribution in [0.25, 0.3) is 0 Å². The van der Waals surface area contributed by atoms with Crippen molar-refractivity contribution in [3.8, 4) is 0 Å². The number of aliphatic hydroxyl groups is 1. The van der Waals surface area contributed by atoms with E-state index in [1.807, 2.05) is 36.9 Å². The van der Waals surface area contributed by atoms with Gasteiger partial charge in [0.05, 0.1) is 13.2 Å². The number of rotatable bonds is 6. The lowest BCUT2D eigenvalue weighted by Crippen LogP contribution is -2.45. The largest absolute Gasteiger partial charge is 0.395 e. The number of hydrogen-bond acceptors (Lipinski definition) is 3. The van der Waals surface area contributed by atoms with Crippen molar-refractivity contribution in [3.63, 3.8) is 0 Å². The topological polar surface area (TPSA) is 43.8 Å². The van der Waals surface area contributed by atoms with Crippen LogP contribution in [-0.4, -0.2) is 52.6 Å². The molecule has 0 saturated carbocycles. The molecule has 4 heteroatoms. The zero-order valence-electron chi connectivity index (χ0n) is 13.0. The van der Waals surface area contributed by atoms with Gasteiger partial charge in [-0.3, -0.25) is 9.69 Å². The lowest BCUT2D eigenvalue weighted by atomic mass is 10.2. The van der Waals surface area contributed by atoms with Crippen LogP contribution in [0.5, 0.6) is 0 Å². The van der Waals surface area contributed by atoms with Crippen LogP contribution in [0.15, 0.2) is 30.3 Å². The minimum absolute atomic E-state index is 0.146. The van der Waals surface area contributed by atoms with Crippen LogP contribution in [0, 0.1) is 0 Å². The van der Waals surface area contributed by atoms with E-state index in [0.29, 0.717) is 13.1 Å². The maximum absolute atomic E-state index is 12.6. The van der Waals surface area contributed by atoms with E-state index < -0.39 is 0 Å². The summed E-state index contributed by atoms with van der Waals surface area (Å²) in [5.74, 6) is 0.147. The summed E-state index contributed by atoms with van der Waals surface area (Å²) >= 11 is 0. The fourth-order valence-corrected chi connectivity index (χ4v) is 2.91. The van der Waals surface area contributed by atoms with Gasteiger partial charge in [-0.05, 0) is 38.8 Å². The molecular formula is C17H26N2O2. The van der Waals surface area contributed by atoms with E-state index in [1.54, 1.807) is 0 Å². The van der Waals surface area contributed by atoms with Gasteiger partial charge in [0.15, 0.2) is 0 Å². The molecule has 0 spiro atoms. The highest BCUT2D eigenvalue weighted by molar-refractivity contribution is 5.78. The van der Waals surface area contributed by atoms with Gasteiger partial charge in [0.2, 0.25) is 5.91 Å². The normalized spacial score (nSPS) is 19.1. The Morgan fingerprint density at radius 1 is 1.38 bits per heavy atom. The molecule has 1 aliphatic heterocycles. The van der Waals surface area contributed by atoms with Gasteiger partial charge < -0.3 is 10.0 Å². The quantitative estimate of drug-likeness (QED) is 0.870. The van der Waals surface area contributed by atoms with E-state index in [-0.39, 0.29) is 24.6 Å². The average Bonchev–Trinajstić information content (AvgIpc) is 2.92. The second-order valence-electron chi connectivity index (χ2n) is 6.05. The van der Waals surface area contributed by atoms with Gasteiger partial charge in [0, 0.05) is 18.6 Å². The molecule has 0 radical (unpaired) electrons. The molecular weight excluding hydrogens is 264 g/mol. The van der Waals surface area contributed by atoms with Crippen molar-refractivity contribution in [2.75, 3.05) is 19.7 Å². The molecule has 1 aliphatic rings. The Morgan fingerprint density at radius 2 is 2.10 bits per heavy atom. The molecule has 0 aliphatic carbocycles. The van der Waals surface area contributed by atoms with Crippen molar-refractivity contribution < 1.29 is 9.90 Å². The first-order valence-corrected chi connectivity index (χ1v) is 7.80. The number of hydrogen-bond donors (Lipinski definition) is 1. The standard InChI is InChI=1S/C17H26N2O2/c1-14(2)19(11-15-7-4-3-5-8-15)17(21)12-18-10-6-9-16(18)13-20/h3-5,7-8,14,16,20H,6,9-13H2,1-2H3. The zero-order chi connectivity index (χ0) is 15.2. The Hall–Kier alpha value is -1.39. The van der Waals surface area contributed by atoms with Gasteiger partial charge >= 0.3 is 0 Å². The van der Waals surface area contributed by atoms with Crippen LogP contribution in [0.3, 0.4) is 0 Å². The Bertz CT molecular complexity index is 447. The molecule has 4 nitrogen and oxygen atoms in total. The molecule has 1 N–H and O–H groups in total. The van der Waals surface area contributed by atoms with E-state index in [9.17, 15) is 9.90 Å². The zero-order valence-corrected chi connectivity index (χ0v) is 13.0. The lowest BCUT2D eigenvalue weighted by Gasteiger charge is -2.30. The highest BCUT2D eigenvalue weighted by atomic mass is 16.3. The van der Waals surface area contributed by atoms with Gasteiger partial charge in [0.25, 0.3) is 0 Å². The molecule has 1 atom stereocenters. The second-order valence-corrected chi connectivity index (χ2v) is 6.05. The van der Waals surface area contributed by atoms with E-state index in [4.69, 9.17) is 0 Å².